The average molecular weight is 249 g/mol. The van der Waals surface area contributed by atoms with Crippen LogP contribution in [0.15, 0.2) is 28.8 Å². The molecule has 0 aliphatic rings. The summed E-state index contributed by atoms with van der Waals surface area (Å²) < 4.78 is 17.8. The highest BCUT2D eigenvalue weighted by atomic mass is 19.1. The van der Waals surface area contributed by atoms with E-state index in [4.69, 9.17) is 4.52 Å². The van der Waals surface area contributed by atoms with E-state index in [2.05, 4.69) is 15.5 Å². The van der Waals surface area contributed by atoms with Gasteiger partial charge in [-0.05, 0) is 24.3 Å². The van der Waals surface area contributed by atoms with Crippen LogP contribution >= 0.6 is 0 Å². The summed E-state index contributed by atoms with van der Waals surface area (Å²) in [5, 5.41) is 6.29. The second-order valence-corrected chi connectivity index (χ2v) is 3.69. The highest BCUT2D eigenvalue weighted by Crippen LogP contribution is 2.16. The Morgan fingerprint density at radius 2 is 2.11 bits per heavy atom. The van der Waals surface area contributed by atoms with E-state index in [-0.39, 0.29) is 11.7 Å². The molecule has 0 saturated carbocycles. The third-order valence-corrected chi connectivity index (χ3v) is 2.42. The molecule has 2 aromatic rings. The van der Waals surface area contributed by atoms with Gasteiger partial charge < -0.3 is 9.84 Å². The molecule has 1 heterocycles. The number of halogens is 1. The molecule has 5 nitrogen and oxygen atoms in total. The smallest absolute Gasteiger partial charge is 0.227 e. The molecule has 1 N–H and O–H groups in total. The Hall–Kier alpha value is -2.24. The van der Waals surface area contributed by atoms with Gasteiger partial charge in [-0.25, -0.2) is 4.39 Å². The number of amides is 1. The highest BCUT2D eigenvalue weighted by Gasteiger charge is 2.09. The van der Waals surface area contributed by atoms with Crippen LogP contribution in [0, 0.1) is 5.82 Å². The summed E-state index contributed by atoms with van der Waals surface area (Å²) in [5.74, 6) is 0.374. The first-order valence-electron chi connectivity index (χ1n) is 5.48. The molecule has 2 rings (SSSR count). The monoisotopic (exact) mass is 249 g/mol. The molecule has 0 radical (unpaired) electrons. The zero-order valence-electron chi connectivity index (χ0n) is 9.81. The van der Waals surface area contributed by atoms with Gasteiger partial charge in [-0.1, -0.05) is 5.16 Å². The van der Waals surface area contributed by atoms with Gasteiger partial charge in [-0.15, -0.1) is 0 Å². The molecule has 18 heavy (non-hydrogen) atoms. The zero-order chi connectivity index (χ0) is 13.0. The van der Waals surface area contributed by atoms with Crippen molar-refractivity contribution in [3.8, 4) is 11.4 Å². The lowest BCUT2D eigenvalue weighted by Crippen LogP contribution is -2.17. The molecular formula is C12H12FN3O2. The van der Waals surface area contributed by atoms with E-state index in [9.17, 15) is 9.18 Å². The van der Waals surface area contributed by atoms with Crippen molar-refractivity contribution < 1.29 is 13.7 Å². The number of aryl methyl sites for hydroxylation is 1. The Balaban J connectivity index is 2.06. The maximum Gasteiger partial charge on any atom is 0.227 e. The average Bonchev–Trinajstić information content (AvgIpc) is 2.85. The van der Waals surface area contributed by atoms with E-state index in [1.807, 2.05) is 0 Å². The van der Waals surface area contributed by atoms with Crippen LogP contribution in [0.2, 0.25) is 0 Å². The van der Waals surface area contributed by atoms with E-state index < -0.39 is 0 Å². The summed E-state index contributed by atoms with van der Waals surface area (Å²) in [5.41, 5.74) is 0.673. The van der Waals surface area contributed by atoms with Gasteiger partial charge in [0.2, 0.25) is 17.6 Å². The van der Waals surface area contributed by atoms with Gasteiger partial charge in [0.15, 0.2) is 0 Å². The fourth-order valence-corrected chi connectivity index (χ4v) is 1.42. The number of aromatic nitrogens is 2. The van der Waals surface area contributed by atoms with Crippen LogP contribution < -0.4 is 5.32 Å². The van der Waals surface area contributed by atoms with Crippen molar-refractivity contribution in [3.63, 3.8) is 0 Å². The van der Waals surface area contributed by atoms with Crippen molar-refractivity contribution in [3.05, 3.63) is 36.0 Å². The molecule has 1 aromatic carbocycles. The first-order chi connectivity index (χ1) is 8.69. The predicted molar refractivity (Wildman–Crippen MR) is 62.1 cm³/mol. The summed E-state index contributed by atoms with van der Waals surface area (Å²) in [6.07, 6.45) is 0.676. The lowest BCUT2D eigenvalue weighted by Gasteiger charge is -1.94. The molecule has 0 atom stereocenters. The largest absolute Gasteiger partial charge is 0.359 e. The number of carbonyl (C=O) groups excluding carboxylic acids is 1. The predicted octanol–water partition coefficient (Wildman–Crippen LogP) is 1.55. The number of rotatable bonds is 4. The van der Waals surface area contributed by atoms with Crippen molar-refractivity contribution in [2.24, 2.45) is 0 Å². The molecule has 0 fully saturated rings. The molecule has 0 spiro atoms. The molecule has 0 bridgehead atoms. The Kier molecular flexibility index (Phi) is 3.66. The van der Waals surface area contributed by atoms with Crippen molar-refractivity contribution >= 4 is 5.91 Å². The van der Waals surface area contributed by atoms with Crippen LogP contribution in [0.5, 0.6) is 0 Å². The van der Waals surface area contributed by atoms with Crippen LogP contribution in [0.1, 0.15) is 12.3 Å². The van der Waals surface area contributed by atoms with Crippen LogP contribution in [-0.2, 0) is 11.2 Å². The van der Waals surface area contributed by atoms with Gasteiger partial charge in [-0.2, -0.15) is 4.98 Å². The van der Waals surface area contributed by atoms with E-state index in [0.717, 1.165) is 0 Å². The minimum Gasteiger partial charge on any atom is -0.359 e. The topological polar surface area (TPSA) is 68.0 Å². The SMILES string of the molecule is CNC(=O)CCc1nc(-c2ccc(F)cc2)no1. The number of nitrogens with zero attached hydrogens (tertiary/aromatic N) is 2. The van der Waals surface area contributed by atoms with Crippen LogP contribution in [0.3, 0.4) is 0 Å². The molecule has 1 aromatic heterocycles. The summed E-state index contributed by atoms with van der Waals surface area (Å²) in [6.45, 7) is 0. The molecule has 6 heteroatoms. The van der Waals surface area contributed by atoms with Crippen LogP contribution in [0.4, 0.5) is 4.39 Å². The van der Waals surface area contributed by atoms with E-state index in [0.29, 0.717) is 30.1 Å². The van der Waals surface area contributed by atoms with Crippen molar-refractivity contribution in [2.75, 3.05) is 7.05 Å². The molecule has 0 aliphatic carbocycles. The molecule has 94 valence electrons. The Morgan fingerprint density at radius 1 is 1.39 bits per heavy atom. The summed E-state index contributed by atoms with van der Waals surface area (Å²) in [7, 11) is 1.57. The third kappa shape index (κ3) is 2.91. The Bertz CT molecular complexity index is 537. The Labute approximate surface area is 103 Å². The first kappa shape index (κ1) is 12.2. The van der Waals surface area contributed by atoms with Gasteiger partial charge in [0.05, 0.1) is 0 Å². The fraction of sp³-hybridized carbons (Fsp3) is 0.250. The van der Waals surface area contributed by atoms with E-state index >= 15 is 0 Å². The van der Waals surface area contributed by atoms with Crippen LogP contribution in [0.25, 0.3) is 11.4 Å². The van der Waals surface area contributed by atoms with Gasteiger partial charge in [-0.3, -0.25) is 4.79 Å². The van der Waals surface area contributed by atoms with Gasteiger partial charge in [0, 0.05) is 25.5 Å². The van der Waals surface area contributed by atoms with E-state index in [1.54, 1.807) is 19.2 Å². The Morgan fingerprint density at radius 3 is 2.78 bits per heavy atom. The van der Waals surface area contributed by atoms with Crippen LogP contribution in [-0.4, -0.2) is 23.1 Å². The van der Waals surface area contributed by atoms with E-state index in [1.165, 1.54) is 12.1 Å². The minimum absolute atomic E-state index is 0.0865. The summed E-state index contributed by atoms with van der Waals surface area (Å²) >= 11 is 0. The standard InChI is InChI=1S/C12H12FN3O2/c1-14-10(17)6-7-11-15-12(16-18-11)8-2-4-9(13)5-3-8/h2-5H,6-7H2,1H3,(H,14,17). The lowest BCUT2D eigenvalue weighted by molar-refractivity contribution is -0.120. The fourth-order valence-electron chi connectivity index (χ4n) is 1.42. The quantitative estimate of drug-likeness (QED) is 0.892. The molecule has 0 unspecified atom stereocenters. The maximum atomic E-state index is 12.7. The normalized spacial score (nSPS) is 10.3. The molecule has 0 saturated heterocycles. The second kappa shape index (κ2) is 5.39. The minimum atomic E-state index is -0.318. The maximum absolute atomic E-state index is 12.7. The number of nitrogens with one attached hydrogen (secondary N) is 1. The zero-order valence-corrected chi connectivity index (χ0v) is 9.81. The number of carbonyl (C=O) groups is 1. The van der Waals surface area contributed by atoms with Crippen molar-refractivity contribution in [1.29, 1.82) is 0 Å². The summed E-state index contributed by atoms with van der Waals surface area (Å²) in [6, 6.07) is 5.80. The summed E-state index contributed by atoms with van der Waals surface area (Å²) in [4.78, 5) is 15.2. The number of hydrogen-bond donors (Lipinski definition) is 1. The van der Waals surface area contributed by atoms with Crippen molar-refractivity contribution in [2.45, 2.75) is 12.8 Å². The molecule has 0 aliphatic heterocycles. The highest BCUT2D eigenvalue weighted by molar-refractivity contribution is 5.75. The number of benzene rings is 1. The third-order valence-electron chi connectivity index (χ3n) is 2.42. The van der Waals surface area contributed by atoms with Gasteiger partial charge >= 0.3 is 0 Å². The van der Waals surface area contributed by atoms with Crippen molar-refractivity contribution in [1.82, 2.24) is 15.5 Å². The number of hydrogen-bond acceptors (Lipinski definition) is 4. The lowest BCUT2D eigenvalue weighted by atomic mass is 10.2. The van der Waals surface area contributed by atoms with Gasteiger partial charge in [0.25, 0.3) is 0 Å². The second-order valence-electron chi connectivity index (χ2n) is 3.69. The van der Waals surface area contributed by atoms with Gasteiger partial charge in [0.1, 0.15) is 5.82 Å². The first-order valence-corrected chi connectivity index (χ1v) is 5.48. The molecule has 1 amide bonds. The molecular weight excluding hydrogens is 237 g/mol.